The van der Waals surface area contributed by atoms with Crippen LogP contribution in [0.1, 0.15) is 19.3 Å². The summed E-state index contributed by atoms with van der Waals surface area (Å²) in [6.45, 7) is 0.353. The van der Waals surface area contributed by atoms with Crippen molar-refractivity contribution < 1.29 is 8.78 Å². The third kappa shape index (κ3) is 3.93. The molecule has 29 heavy (non-hydrogen) atoms. The fourth-order valence-electron chi connectivity index (χ4n) is 3.64. The van der Waals surface area contributed by atoms with E-state index in [-0.39, 0.29) is 55.1 Å². The van der Waals surface area contributed by atoms with Gasteiger partial charge in [0, 0.05) is 38.0 Å². The Morgan fingerprint density at radius 1 is 1.31 bits per heavy atom. The van der Waals surface area contributed by atoms with Gasteiger partial charge in [-0.3, -0.25) is 13.8 Å². The fraction of sp³-hybridized carbons (Fsp3) is 0.500. The van der Waals surface area contributed by atoms with Crippen molar-refractivity contribution in [2.45, 2.75) is 25.8 Å². The van der Waals surface area contributed by atoms with Crippen molar-refractivity contribution in [3.63, 3.8) is 0 Å². The van der Waals surface area contributed by atoms with E-state index in [9.17, 15) is 18.4 Å². The number of rotatable bonds is 6. The Kier molecular flexibility index (Phi) is 6.87. The minimum absolute atomic E-state index is 0. The molecular formula is C18H23ClF2N6O2. The van der Waals surface area contributed by atoms with Crippen LogP contribution in [-0.4, -0.2) is 35.6 Å². The van der Waals surface area contributed by atoms with Crippen LogP contribution in [0.4, 0.5) is 14.5 Å². The number of fused-ring (bicyclic) bond motifs is 1. The highest BCUT2D eigenvalue weighted by Gasteiger charge is 2.38. The summed E-state index contributed by atoms with van der Waals surface area (Å²) in [6.07, 6.45) is 1.07. The SMILES string of the molecule is Cl.N#CCCCn1c(=O)n(N)c(=O)c2cc(F)c(N3CCC(CN)(CF)C3)cc21. The minimum atomic E-state index is -0.802. The molecule has 1 fully saturated rings. The molecule has 158 valence electrons. The zero-order valence-electron chi connectivity index (χ0n) is 15.7. The lowest BCUT2D eigenvalue weighted by molar-refractivity contribution is 0.242. The van der Waals surface area contributed by atoms with Crippen LogP contribution >= 0.6 is 12.4 Å². The molecule has 0 radical (unpaired) electrons. The third-order valence-corrected chi connectivity index (χ3v) is 5.41. The number of hydrogen-bond donors (Lipinski definition) is 2. The zero-order valence-corrected chi connectivity index (χ0v) is 16.6. The van der Waals surface area contributed by atoms with Gasteiger partial charge in [0.25, 0.3) is 5.56 Å². The van der Waals surface area contributed by atoms with Gasteiger partial charge in [-0.1, -0.05) is 0 Å². The van der Waals surface area contributed by atoms with Crippen molar-refractivity contribution in [3.05, 3.63) is 38.8 Å². The maximum Gasteiger partial charge on any atom is 0.350 e. The van der Waals surface area contributed by atoms with Crippen molar-refractivity contribution in [1.82, 2.24) is 9.24 Å². The number of hydrogen-bond acceptors (Lipinski definition) is 6. The van der Waals surface area contributed by atoms with Crippen LogP contribution in [0.15, 0.2) is 21.7 Å². The van der Waals surface area contributed by atoms with E-state index in [0.717, 1.165) is 6.07 Å². The van der Waals surface area contributed by atoms with E-state index in [1.807, 2.05) is 6.07 Å². The van der Waals surface area contributed by atoms with E-state index in [2.05, 4.69) is 0 Å². The topological polar surface area (TPSA) is 123 Å². The number of unbranched alkanes of at least 4 members (excludes halogenated alkanes) is 1. The second kappa shape index (κ2) is 8.80. The van der Waals surface area contributed by atoms with E-state index in [4.69, 9.17) is 16.8 Å². The molecule has 4 N–H and O–H groups in total. The first-order valence-corrected chi connectivity index (χ1v) is 8.99. The molecule has 8 nitrogen and oxygen atoms in total. The van der Waals surface area contributed by atoms with Gasteiger partial charge in [0.15, 0.2) is 0 Å². The van der Waals surface area contributed by atoms with Crippen molar-refractivity contribution >= 4 is 29.0 Å². The highest BCUT2D eigenvalue weighted by molar-refractivity contribution is 5.85. The number of anilines is 1. The van der Waals surface area contributed by atoms with Gasteiger partial charge < -0.3 is 16.5 Å². The molecule has 0 spiro atoms. The van der Waals surface area contributed by atoms with Crippen LogP contribution in [0.2, 0.25) is 0 Å². The molecule has 1 aromatic carbocycles. The number of alkyl halides is 1. The number of nitriles is 1. The first-order valence-electron chi connectivity index (χ1n) is 8.99. The number of aromatic nitrogens is 2. The molecule has 1 aliphatic rings. The molecule has 0 saturated carbocycles. The van der Waals surface area contributed by atoms with Crippen molar-refractivity contribution in [2.75, 3.05) is 37.1 Å². The van der Waals surface area contributed by atoms with Crippen LogP contribution in [0.5, 0.6) is 0 Å². The van der Waals surface area contributed by atoms with Crippen molar-refractivity contribution in [2.24, 2.45) is 11.1 Å². The highest BCUT2D eigenvalue weighted by Crippen LogP contribution is 2.35. The predicted molar refractivity (Wildman–Crippen MR) is 109 cm³/mol. The summed E-state index contributed by atoms with van der Waals surface area (Å²) < 4.78 is 29.9. The Labute approximate surface area is 171 Å². The quantitative estimate of drug-likeness (QED) is 0.519. The first-order chi connectivity index (χ1) is 13.4. The first kappa shape index (κ1) is 22.6. The number of benzene rings is 1. The van der Waals surface area contributed by atoms with Gasteiger partial charge in [0.05, 0.1) is 29.3 Å². The van der Waals surface area contributed by atoms with Gasteiger partial charge in [0.1, 0.15) is 5.82 Å². The molecule has 0 amide bonds. The van der Waals surface area contributed by atoms with Crippen molar-refractivity contribution in [1.29, 1.82) is 5.26 Å². The average molecular weight is 429 g/mol. The predicted octanol–water partition coefficient (Wildman–Crippen LogP) is 0.866. The summed E-state index contributed by atoms with van der Waals surface area (Å²) in [4.78, 5) is 26.5. The van der Waals surface area contributed by atoms with Gasteiger partial charge in [-0.15, -0.1) is 12.4 Å². The summed E-state index contributed by atoms with van der Waals surface area (Å²) in [6, 6.07) is 4.46. The smallest absolute Gasteiger partial charge is 0.350 e. The Morgan fingerprint density at radius 2 is 2.03 bits per heavy atom. The van der Waals surface area contributed by atoms with Crippen LogP contribution in [0.3, 0.4) is 0 Å². The summed E-state index contributed by atoms with van der Waals surface area (Å²) in [7, 11) is 0. The standard InChI is InChI=1S/C18H22F2N6O2.ClH/c19-9-18(10-22)3-6-24(11-18)15-8-14-12(7-13(15)20)16(27)26(23)17(28)25(14)5-2-1-4-21;/h7-8H,1-3,5-6,9-11,22-23H2;1H. The van der Waals surface area contributed by atoms with E-state index in [0.29, 0.717) is 24.1 Å². The van der Waals surface area contributed by atoms with Crippen LogP contribution in [0, 0.1) is 22.6 Å². The van der Waals surface area contributed by atoms with Gasteiger partial charge >= 0.3 is 5.69 Å². The molecule has 2 heterocycles. The molecule has 3 rings (SSSR count). The maximum absolute atomic E-state index is 14.8. The van der Waals surface area contributed by atoms with Crippen LogP contribution < -0.4 is 27.7 Å². The average Bonchev–Trinajstić information content (AvgIpc) is 3.14. The lowest BCUT2D eigenvalue weighted by atomic mass is 9.89. The van der Waals surface area contributed by atoms with E-state index < -0.39 is 29.2 Å². The Bertz CT molecular complexity index is 1060. The van der Waals surface area contributed by atoms with E-state index >= 15 is 0 Å². The lowest BCUT2D eigenvalue weighted by Gasteiger charge is -2.26. The number of halogens is 3. The third-order valence-electron chi connectivity index (χ3n) is 5.41. The summed E-state index contributed by atoms with van der Waals surface area (Å²) >= 11 is 0. The number of nitrogen functional groups attached to an aromatic ring is 1. The second-order valence-electron chi connectivity index (χ2n) is 7.20. The van der Waals surface area contributed by atoms with Crippen LogP contribution in [0.25, 0.3) is 10.9 Å². The Balaban J connectivity index is 0.00000300. The minimum Gasteiger partial charge on any atom is -0.368 e. The monoisotopic (exact) mass is 428 g/mol. The van der Waals surface area contributed by atoms with Crippen molar-refractivity contribution in [3.8, 4) is 6.07 Å². The molecule has 1 aromatic heterocycles. The van der Waals surface area contributed by atoms with E-state index in [1.54, 1.807) is 4.90 Å². The summed E-state index contributed by atoms with van der Waals surface area (Å²) in [5, 5.41) is 8.70. The normalized spacial score (nSPS) is 18.6. The van der Waals surface area contributed by atoms with Crippen LogP contribution in [-0.2, 0) is 6.54 Å². The lowest BCUT2D eigenvalue weighted by Crippen LogP contribution is -2.44. The van der Waals surface area contributed by atoms with E-state index in [1.165, 1.54) is 10.6 Å². The number of nitrogens with zero attached hydrogens (tertiary/aromatic N) is 4. The molecular weight excluding hydrogens is 406 g/mol. The zero-order chi connectivity index (χ0) is 20.5. The van der Waals surface area contributed by atoms with Gasteiger partial charge in [0.2, 0.25) is 0 Å². The molecule has 0 bridgehead atoms. The van der Waals surface area contributed by atoms with Gasteiger partial charge in [-0.25, -0.2) is 9.18 Å². The number of nitrogens with two attached hydrogens (primary N) is 2. The largest absolute Gasteiger partial charge is 0.368 e. The molecule has 1 saturated heterocycles. The Hall–Kier alpha value is -2.64. The molecule has 1 atom stereocenters. The second-order valence-corrected chi connectivity index (χ2v) is 7.20. The molecule has 0 aliphatic carbocycles. The summed E-state index contributed by atoms with van der Waals surface area (Å²) in [5.74, 6) is 4.90. The molecule has 2 aromatic rings. The van der Waals surface area contributed by atoms with Gasteiger partial charge in [-0.05, 0) is 25.0 Å². The highest BCUT2D eigenvalue weighted by atomic mass is 35.5. The maximum atomic E-state index is 14.8. The molecule has 1 unspecified atom stereocenters. The number of aryl methyl sites for hydroxylation is 1. The Morgan fingerprint density at radius 3 is 2.62 bits per heavy atom. The molecule has 1 aliphatic heterocycles. The van der Waals surface area contributed by atoms with Gasteiger partial charge in [-0.2, -0.15) is 9.94 Å². The summed E-state index contributed by atoms with van der Waals surface area (Å²) in [5.41, 5.74) is 3.85. The molecule has 11 heteroatoms. The fourth-order valence-corrected chi connectivity index (χ4v) is 3.64.